The summed E-state index contributed by atoms with van der Waals surface area (Å²) in [6, 6.07) is 11.9. The van der Waals surface area contributed by atoms with Gasteiger partial charge in [0.25, 0.3) is 0 Å². The van der Waals surface area contributed by atoms with E-state index in [9.17, 15) is 5.11 Å². The molecule has 0 bridgehead atoms. The van der Waals surface area contributed by atoms with Gasteiger partial charge in [-0.2, -0.15) is 10.2 Å². The van der Waals surface area contributed by atoms with Gasteiger partial charge >= 0.3 is 0 Å². The van der Waals surface area contributed by atoms with E-state index in [1.54, 1.807) is 0 Å². The summed E-state index contributed by atoms with van der Waals surface area (Å²) in [5.74, 6) is 0. The largest absolute Gasteiger partial charge is 0.388 e. The number of hydrogen-bond acceptors (Lipinski definition) is 3. The molecule has 0 saturated heterocycles. The topological polar surface area (TPSA) is 46.0 Å². The first-order valence-electron chi connectivity index (χ1n) is 6.25. The van der Waals surface area contributed by atoms with Gasteiger partial charge in [0.1, 0.15) is 0 Å². The molecule has 0 aliphatic carbocycles. The Hall–Kier alpha value is -1.74. The first kappa shape index (κ1) is 12.7. The number of aliphatic hydroxyl groups is 1. The van der Waals surface area contributed by atoms with Crippen molar-refractivity contribution in [1.82, 2.24) is 10.2 Å². The van der Waals surface area contributed by atoms with Crippen molar-refractivity contribution in [2.24, 2.45) is 0 Å². The van der Waals surface area contributed by atoms with Gasteiger partial charge in [-0.1, -0.05) is 37.3 Å². The van der Waals surface area contributed by atoms with E-state index in [0.717, 1.165) is 28.9 Å². The quantitative estimate of drug-likeness (QED) is 0.896. The zero-order valence-electron chi connectivity index (χ0n) is 10.8. The molecule has 3 heteroatoms. The SMILES string of the molecule is CCc1nnc(C)cc1C(O)Cc1ccccc1. The minimum atomic E-state index is -0.517. The minimum Gasteiger partial charge on any atom is -0.388 e. The van der Waals surface area contributed by atoms with E-state index in [0.29, 0.717) is 6.42 Å². The average Bonchev–Trinajstić information content (AvgIpc) is 2.40. The van der Waals surface area contributed by atoms with Gasteiger partial charge in [-0.15, -0.1) is 0 Å². The molecule has 0 amide bonds. The Bertz CT molecular complexity index is 511. The standard InChI is InChI=1S/C15H18N2O/c1-3-14-13(9-11(2)16-17-14)15(18)10-12-7-5-4-6-8-12/h4-9,15,18H,3,10H2,1-2H3. The lowest BCUT2D eigenvalue weighted by molar-refractivity contribution is 0.176. The van der Waals surface area contributed by atoms with Crippen LogP contribution in [0.2, 0.25) is 0 Å². The van der Waals surface area contributed by atoms with Crippen LogP contribution in [0.15, 0.2) is 36.4 Å². The van der Waals surface area contributed by atoms with Gasteiger partial charge in [-0.3, -0.25) is 0 Å². The molecule has 1 aromatic heterocycles. The Labute approximate surface area is 108 Å². The van der Waals surface area contributed by atoms with E-state index in [2.05, 4.69) is 10.2 Å². The minimum absolute atomic E-state index is 0.517. The van der Waals surface area contributed by atoms with Gasteiger partial charge in [0.15, 0.2) is 0 Å². The second kappa shape index (κ2) is 5.74. The third kappa shape index (κ3) is 2.93. The van der Waals surface area contributed by atoms with Crippen molar-refractivity contribution in [3.8, 4) is 0 Å². The Balaban J connectivity index is 2.23. The smallest absolute Gasteiger partial charge is 0.0849 e. The van der Waals surface area contributed by atoms with Crippen LogP contribution >= 0.6 is 0 Å². The molecular formula is C15H18N2O. The predicted molar refractivity (Wildman–Crippen MR) is 71.3 cm³/mol. The molecule has 0 spiro atoms. The molecule has 94 valence electrons. The second-order valence-corrected chi connectivity index (χ2v) is 4.45. The molecule has 2 rings (SSSR count). The van der Waals surface area contributed by atoms with Crippen LogP contribution in [-0.4, -0.2) is 15.3 Å². The molecule has 0 aliphatic rings. The van der Waals surface area contributed by atoms with Gasteiger partial charge in [-0.05, 0) is 25.0 Å². The van der Waals surface area contributed by atoms with E-state index >= 15 is 0 Å². The lowest BCUT2D eigenvalue weighted by atomic mass is 9.99. The van der Waals surface area contributed by atoms with Crippen LogP contribution < -0.4 is 0 Å². The van der Waals surface area contributed by atoms with Crippen molar-refractivity contribution in [2.45, 2.75) is 32.8 Å². The molecule has 1 heterocycles. The van der Waals surface area contributed by atoms with Crippen molar-refractivity contribution in [1.29, 1.82) is 0 Å². The molecule has 0 aliphatic heterocycles. The fourth-order valence-electron chi connectivity index (χ4n) is 2.04. The highest BCUT2D eigenvalue weighted by atomic mass is 16.3. The van der Waals surface area contributed by atoms with Crippen LogP contribution in [0.5, 0.6) is 0 Å². The summed E-state index contributed by atoms with van der Waals surface area (Å²) in [7, 11) is 0. The molecule has 1 unspecified atom stereocenters. The van der Waals surface area contributed by atoms with Gasteiger partial charge in [-0.25, -0.2) is 0 Å². The van der Waals surface area contributed by atoms with E-state index in [4.69, 9.17) is 0 Å². The number of aliphatic hydroxyl groups excluding tert-OH is 1. The summed E-state index contributed by atoms with van der Waals surface area (Å²) in [6.45, 7) is 3.92. The highest BCUT2D eigenvalue weighted by molar-refractivity contribution is 5.26. The Morgan fingerprint density at radius 1 is 1.17 bits per heavy atom. The van der Waals surface area contributed by atoms with Gasteiger partial charge in [0, 0.05) is 12.0 Å². The van der Waals surface area contributed by atoms with Crippen LogP contribution in [0.1, 0.15) is 35.5 Å². The van der Waals surface area contributed by atoms with E-state index in [-0.39, 0.29) is 0 Å². The first-order valence-corrected chi connectivity index (χ1v) is 6.25. The molecule has 1 atom stereocenters. The zero-order chi connectivity index (χ0) is 13.0. The Morgan fingerprint density at radius 2 is 1.89 bits per heavy atom. The summed E-state index contributed by atoms with van der Waals surface area (Å²) in [5.41, 5.74) is 3.74. The maximum atomic E-state index is 10.3. The first-order chi connectivity index (χ1) is 8.70. The normalized spacial score (nSPS) is 12.4. The van der Waals surface area contributed by atoms with Crippen LogP contribution in [-0.2, 0) is 12.8 Å². The molecule has 1 aromatic carbocycles. The third-order valence-corrected chi connectivity index (χ3v) is 2.99. The number of benzene rings is 1. The maximum absolute atomic E-state index is 10.3. The number of aromatic nitrogens is 2. The summed E-state index contributed by atoms with van der Waals surface area (Å²) in [4.78, 5) is 0. The summed E-state index contributed by atoms with van der Waals surface area (Å²) in [6.07, 6.45) is 0.879. The highest BCUT2D eigenvalue weighted by Gasteiger charge is 2.14. The monoisotopic (exact) mass is 242 g/mol. The molecule has 18 heavy (non-hydrogen) atoms. The molecule has 1 N–H and O–H groups in total. The number of aryl methyl sites for hydroxylation is 2. The van der Waals surface area contributed by atoms with Crippen LogP contribution in [0, 0.1) is 6.92 Å². The van der Waals surface area contributed by atoms with E-state index in [1.807, 2.05) is 50.2 Å². The zero-order valence-corrected chi connectivity index (χ0v) is 10.8. The molecule has 0 fully saturated rings. The van der Waals surface area contributed by atoms with Crippen molar-refractivity contribution < 1.29 is 5.11 Å². The second-order valence-electron chi connectivity index (χ2n) is 4.45. The Morgan fingerprint density at radius 3 is 2.56 bits per heavy atom. The van der Waals surface area contributed by atoms with Crippen LogP contribution in [0.25, 0.3) is 0 Å². The summed E-state index contributed by atoms with van der Waals surface area (Å²) >= 11 is 0. The van der Waals surface area contributed by atoms with Gasteiger partial charge in [0.05, 0.1) is 17.5 Å². The van der Waals surface area contributed by atoms with Gasteiger partial charge in [0.2, 0.25) is 0 Å². The summed E-state index contributed by atoms with van der Waals surface area (Å²) in [5, 5.41) is 18.5. The molecule has 0 saturated carbocycles. The van der Waals surface area contributed by atoms with Gasteiger partial charge < -0.3 is 5.11 Å². The summed E-state index contributed by atoms with van der Waals surface area (Å²) < 4.78 is 0. The molecule has 0 radical (unpaired) electrons. The lowest BCUT2D eigenvalue weighted by Gasteiger charge is -2.14. The van der Waals surface area contributed by atoms with Crippen LogP contribution in [0.4, 0.5) is 0 Å². The number of nitrogens with zero attached hydrogens (tertiary/aromatic N) is 2. The highest BCUT2D eigenvalue weighted by Crippen LogP contribution is 2.21. The average molecular weight is 242 g/mol. The Kier molecular flexibility index (Phi) is 4.05. The van der Waals surface area contributed by atoms with Crippen LogP contribution in [0.3, 0.4) is 0 Å². The van der Waals surface area contributed by atoms with Crippen molar-refractivity contribution in [2.75, 3.05) is 0 Å². The molecule has 2 aromatic rings. The predicted octanol–water partition coefficient (Wildman–Crippen LogP) is 2.62. The van der Waals surface area contributed by atoms with E-state index < -0.39 is 6.10 Å². The molecular weight excluding hydrogens is 224 g/mol. The fourth-order valence-corrected chi connectivity index (χ4v) is 2.04. The number of rotatable bonds is 4. The fraction of sp³-hybridized carbons (Fsp3) is 0.333. The maximum Gasteiger partial charge on any atom is 0.0849 e. The third-order valence-electron chi connectivity index (χ3n) is 2.99. The lowest BCUT2D eigenvalue weighted by Crippen LogP contribution is -2.08. The van der Waals surface area contributed by atoms with Crippen molar-refractivity contribution >= 4 is 0 Å². The van der Waals surface area contributed by atoms with Crippen molar-refractivity contribution in [3.05, 3.63) is 58.9 Å². The van der Waals surface area contributed by atoms with Crippen molar-refractivity contribution in [3.63, 3.8) is 0 Å². The molecule has 3 nitrogen and oxygen atoms in total. The number of hydrogen-bond donors (Lipinski definition) is 1. The van der Waals surface area contributed by atoms with E-state index in [1.165, 1.54) is 0 Å².